The molecule has 2 heterocycles. The van der Waals surface area contributed by atoms with E-state index >= 15 is 0 Å². The summed E-state index contributed by atoms with van der Waals surface area (Å²) in [6.45, 7) is 1.98. The van der Waals surface area contributed by atoms with Crippen molar-refractivity contribution in [3.63, 3.8) is 0 Å². The van der Waals surface area contributed by atoms with Crippen LogP contribution in [0, 0.1) is 0 Å². The number of pyridine rings is 1. The van der Waals surface area contributed by atoms with Gasteiger partial charge in [-0.25, -0.2) is 4.98 Å². The molecule has 1 aromatic carbocycles. The number of carbonyl (C=O) groups is 1. The molecule has 0 aliphatic carbocycles. The standard InChI is InChI=1S/C19H21N3O2/c1-13(14-6-8-16(24-3)9-7-14)21-18(23)11-15-12-22(2)19-17(15)5-4-10-20-19/h4-10,12-13H,11H2,1-3H3,(H,21,23)/t13-/m0/s1. The highest BCUT2D eigenvalue weighted by atomic mass is 16.5. The number of rotatable bonds is 5. The molecule has 3 rings (SSSR count). The number of ether oxygens (including phenoxy) is 1. The van der Waals surface area contributed by atoms with Crippen molar-refractivity contribution in [2.75, 3.05) is 7.11 Å². The molecule has 3 aromatic rings. The van der Waals surface area contributed by atoms with Gasteiger partial charge in [0.15, 0.2) is 0 Å². The lowest BCUT2D eigenvalue weighted by Crippen LogP contribution is -2.28. The molecule has 24 heavy (non-hydrogen) atoms. The first-order valence-corrected chi connectivity index (χ1v) is 7.90. The van der Waals surface area contributed by atoms with Crippen molar-refractivity contribution in [1.82, 2.24) is 14.9 Å². The second-order valence-electron chi connectivity index (χ2n) is 5.88. The molecule has 5 heteroatoms. The maximum Gasteiger partial charge on any atom is 0.224 e. The summed E-state index contributed by atoms with van der Waals surface area (Å²) in [5.74, 6) is 0.801. The van der Waals surface area contributed by atoms with Crippen molar-refractivity contribution in [2.24, 2.45) is 7.05 Å². The average Bonchev–Trinajstić information content (AvgIpc) is 2.91. The minimum absolute atomic E-state index is 0.00493. The van der Waals surface area contributed by atoms with Crippen LogP contribution >= 0.6 is 0 Å². The van der Waals surface area contributed by atoms with Gasteiger partial charge in [0.05, 0.1) is 19.6 Å². The molecule has 0 radical (unpaired) electrons. The molecular weight excluding hydrogens is 302 g/mol. The van der Waals surface area contributed by atoms with Crippen LogP contribution in [0.1, 0.15) is 24.1 Å². The molecule has 0 saturated heterocycles. The maximum absolute atomic E-state index is 12.4. The fourth-order valence-electron chi connectivity index (χ4n) is 2.88. The van der Waals surface area contributed by atoms with Crippen molar-refractivity contribution in [3.8, 4) is 5.75 Å². The van der Waals surface area contributed by atoms with Gasteiger partial charge in [-0.1, -0.05) is 12.1 Å². The first-order chi connectivity index (χ1) is 11.6. The van der Waals surface area contributed by atoms with Crippen LogP contribution in [0.15, 0.2) is 48.8 Å². The second-order valence-corrected chi connectivity index (χ2v) is 5.88. The molecule has 2 aromatic heterocycles. The van der Waals surface area contributed by atoms with Gasteiger partial charge in [0.25, 0.3) is 0 Å². The van der Waals surface area contributed by atoms with Crippen LogP contribution in [-0.2, 0) is 18.3 Å². The Morgan fingerprint density at radius 3 is 2.75 bits per heavy atom. The monoisotopic (exact) mass is 323 g/mol. The Kier molecular flexibility index (Phi) is 4.51. The summed E-state index contributed by atoms with van der Waals surface area (Å²) in [6, 6.07) is 11.6. The molecule has 1 amide bonds. The number of amides is 1. The first-order valence-electron chi connectivity index (χ1n) is 7.90. The van der Waals surface area contributed by atoms with Crippen LogP contribution in [0.3, 0.4) is 0 Å². The van der Waals surface area contributed by atoms with Gasteiger partial charge in [-0.15, -0.1) is 0 Å². The smallest absolute Gasteiger partial charge is 0.224 e. The molecule has 0 aliphatic rings. The molecule has 0 spiro atoms. The van der Waals surface area contributed by atoms with Gasteiger partial charge < -0.3 is 14.6 Å². The fourth-order valence-corrected chi connectivity index (χ4v) is 2.88. The largest absolute Gasteiger partial charge is 0.497 e. The number of benzene rings is 1. The highest BCUT2D eigenvalue weighted by Gasteiger charge is 2.14. The normalized spacial score (nSPS) is 12.1. The van der Waals surface area contributed by atoms with Gasteiger partial charge in [0.2, 0.25) is 5.91 Å². The molecule has 0 aliphatic heterocycles. The number of hydrogen-bond donors (Lipinski definition) is 1. The Hall–Kier alpha value is -2.82. The van der Waals surface area contributed by atoms with Crippen molar-refractivity contribution < 1.29 is 9.53 Å². The van der Waals surface area contributed by atoms with Crippen LogP contribution in [0.25, 0.3) is 11.0 Å². The lowest BCUT2D eigenvalue weighted by atomic mass is 10.1. The predicted molar refractivity (Wildman–Crippen MR) is 94.0 cm³/mol. The molecule has 124 valence electrons. The second kappa shape index (κ2) is 6.74. The van der Waals surface area contributed by atoms with Gasteiger partial charge in [-0.05, 0) is 42.3 Å². The number of carbonyl (C=O) groups excluding carboxylic acids is 1. The first kappa shape index (κ1) is 16.1. The topological polar surface area (TPSA) is 56.1 Å². The zero-order valence-corrected chi connectivity index (χ0v) is 14.1. The van der Waals surface area contributed by atoms with Crippen molar-refractivity contribution in [3.05, 3.63) is 59.9 Å². The van der Waals surface area contributed by atoms with E-state index in [9.17, 15) is 4.79 Å². The summed E-state index contributed by atoms with van der Waals surface area (Å²) >= 11 is 0. The van der Waals surface area contributed by atoms with Crippen LogP contribution < -0.4 is 10.1 Å². The Bertz CT molecular complexity index is 853. The van der Waals surface area contributed by atoms with E-state index in [0.29, 0.717) is 6.42 Å². The molecule has 1 N–H and O–H groups in total. The van der Waals surface area contributed by atoms with Gasteiger partial charge in [0.1, 0.15) is 11.4 Å². The molecule has 1 atom stereocenters. The van der Waals surface area contributed by atoms with E-state index in [4.69, 9.17) is 4.74 Å². The zero-order chi connectivity index (χ0) is 17.1. The molecular formula is C19H21N3O2. The quantitative estimate of drug-likeness (QED) is 0.785. The number of nitrogens with one attached hydrogen (secondary N) is 1. The average molecular weight is 323 g/mol. The van der Waals surface area contributed by atoms with E-state index in [2.05, 4.69) is 10.3 Å². The number of fused-ring (bicyclic) bond motifs is 1. The molecule has 0 fully saturated rings. The van der Waals surface area contributed by atoms with Crippen LogP contribution in [0.4, 0.5) is 0 Å². The Balaban J connectivity index is 1.70. The third-order valence-corrected chi connectivity index (χ3v) is 4.16. The highest BCUT2D eigenvalue weighted by molar-refractivity contribution is 5.87. The van der Waals surface area contributed by atoms with E-state index in [1.807, 2.05) is 61.1 Å². The molecule has 0 saturated carbocycles. The van der Waals surface area contributed by atoms with Crippen LogP contribution in [-0.4, -0.2) is 22.6 Å². The zero-order valence-electron chi connectivity index (χ0n) is 14.1. The lowest BCUT2D eigenvalue weighted by molar-refractivity contribution is -0.121. The number of aromatic nitrogens is 2. The SMILES string of the molecule is COc1ccc([C@H](C)NC(=O)Cc2cn(C)c3ncccc23)cc1. The van der Waals surface area contributed by atoms with Gasteiger partial charge in [-0.3, -0.25) is 4.79 Å². The summed E-state index contributed by atoms with van der Waals surface area (Å²) in [4.78, 5) is 16.8. The number of methoxy groups -OCH3 is 1. The van der Waals surface area contributed by atoms with E-state index < -0.39 is 0 Å². The summed E-state index contributed by atoms with van der Waals surface area (Å²) in [5, 5.41) is 4.07. The Morgan fingerprint density at radius 1 is 1.29 bits per heavy atom. The fraction of sp³-hybridized carbons (Fsp3) is 0.263. The predicted octanol–water partition coefficient (Wildman–Crippen LogP) is 3.00. The molecule has 0 unspecified atom stereocenters. The summed E-state index contributed by atoms with van der Waals surface area (Å²) < 4.78 is 7.11. The van der Waals surface area contributed by atoms with Crippen molar-refractivity contribution >= 4 is 16.9 Å². The Morgan fingerprint density at radius 2 is 2.04 bits per heavy atom. The van der Waals surface area contributed by atoms with Gasteiger partial charge >= 0.3 is 0 Å². The van der Waals surface area contributed by atoms with Gasteiger partial charge in [-0.2, -0.15) is 0 Å². The third kappa shape index (κ3) is 3.25. The molecule has 0 bridgehead atoms. The summed E-state index contributed by atoms with van der Waals surface area (Å²) in [5.41, 5.74) is 2.92. The summed E-state index contributed by atoms with van der Waals surface area (Å²) in [7, 11) is 3.58. The van der Waals surface area contributed by atoms with Crippen LogP contribution in [0.2, 0.25) is 0 Å². The van der Waals surface area contributed by atoms with Gasteiger partial charge in [0, 0.05) is 24.8 Å². The minimum Gasteiger partial charge on any atom is -0.497 e. The van der Waals surface area contributed by atoms with Crippen molar-refractivity contribution in [2.45, 2.75) is 19.4 Å². The van der Waals surface area contributed by atoms with E-state index in [0.717, 1.165) is 27.9 Å². The third-order valence-electron chi connectivity index (χ3n) is 4.16. The molecule has 5 nitrogen and oxygen atoms in total. The number of hydrogen-bond acceptors (Lipinski definition) is 3. The lowest BCUT2D eigenvalue weighted by Gasteiger charge is -2.14. The maximum atomic E-state index is 12.4. The van der Waals surface area contributed by atoms with E-state index in [1.54, 1.807) is 13.3 Å². The highest BCUT2D eigenvalue weighted by Crippen LogP contribution is 2.20. The van der Waals surface area contributed by atoms with E-state index in [-0.39, 0.29) is 11.9 Å². The van der Waals surface area contributed by atoms with E-state index in [1.165, 1.54) is 0 Å². The summed E-state index contributed by atoms with van der Waals surface area (Å²) in [6.07, 6.45) is 4.07. The number of aryl methyl sites for hydroxylation is 1. The number of nitrogens with zero attached hydrogens (tertiary/aromatic N) is 2. The minimum atomic E-state index is -0.0588. The van der Waals surface area contributed by atoms with Crippen molar-refractivity contribution in [1.29, 1.82) is 0 Å². The van der Waals surface area contributed by atoms with Crippen LogP contribution in [0.5, 0.6) is 5.75 Å². The Labute approximate surface area is 141 Å².